The van der Waals surface area contributed by atoms with Crippen LogP contribution >= 0.6 is 0 Å². The van der Waals surface area contributed by atoms with Gasteiger partial charge in [-0.25, -0.2) is 0 Å². The molecule has 0 amide bonds. The van der Waals surface area contributed by atoms with Crippen LogP contribution in [0.1, 0.15) is 65.2 Å². The van der Waals surface area contributed by atoms with E-state index < -0.39 is 27.0 Å². The molecular weight excluding hydrogens is 275 g/mol. The maximum atomic E-state index is 10.7. The van der Waals surface area contributed by atoms with Crippen molar-refractivity contribution in [3.63, 3.8) is 0 Å². The second-order valence-corrected chi connectivity index (χ2v) is 5.61. The number of hydrogen-bond donors (Lipinski definition) is 0. The van der Waals surface area contributed by atoms with E-state index in [1.807, 2.05) is 0 Å². The Bertz CT molecular complexity index is 368. The van der Waals surface area contributed by atoms with Gasteiger partial charge in [-0.15, -0.1) is 0 Å². The van der Waals surface area contributed by atoms with Crippen molar-refractivity contribution in [2.75, 3.05) is 0 Å². The number of unbranched alkanes of at least 4 members (excludes halogenated alkanes) is 6. The predicted octanol–water partition coefficient (Wildman–Crippen LogP) is -1.43. The van der Waals surface area contributed by atoms with E-state index in [9.17, 15) is 18.3 Å². The molecule has 0 spiro atoms. The van der Waals surface area contributed by atoms with Gasteiger partial charge in [-0.3, -0.25) is 0 Å². The molecule has 0 saturated carbocycles. The van der Waals surface area contributed by atoms with E-state index in [4.69, 9.17) is 0 Å². The minimum absolute atomic E-state index is 0. The topological polar surface area (TPSA) is 74.3 Å². The van der Waals surface area contributed by atoms with Gasteiger partial charge in [0.15, 0.2) is 0 Å². The fourth-order valence-corrected chi connectivity index (χ4v) is 2.55. The van der Waals surface area contributed by atoms with Crippen molar-refractivity contribution in [1.29, 1.82) is 0 Å². The Morgan fingerprint density at radius 2 is 1.53 bits per heavy atom. The van der Waals surface area contributed by atoms with Crippen LogP contribution in [0.25, 0.3) is 0 Å². The molecular formula is C13H23NaO4S. The Morgan fingerprint density at radius 1 is 1.05 bits per heavy atom. The molecule has 0 fully saturated rings. The standard InChI is InChI=1S/C13H24O4S.Na/c1-3-4-5-6-7-8-9-10-11(2)12(13(14)15)18(16)17;/h11H,3-10H2,1-2H3,(H,14,15);/q;+1/p-1. The van der Waals surface area contributed by atoms with Crippen LogP contribution in [0.2, 0.25) is 0 Å². The molecule has 0 rings (SSSR count). The average molecular weight is 298 g/mol. The first-order valence-corrected chi connectivity index (χ1v) is 7.75. The first kappa shape index (κ1) is 21.5. The molecule has 0 N–H and O–H groups in total. The van der Waals surface area contributed by atoms with Crippen molar-refractivity contribution in [2.45, 2.75) is 65.2 Å². The van der Waals surface area contributed by atoms with Gasteiger partial charge in [0.1, 0.15) is 0 Å². The Kier molecular flexibility index (Phi) is 14.9. The van der Waals surface area contributed by atoms with Crippen molar-refractivity contribution in [3.8, 4) is 0 Å². The third kappa shape index (κ3) is 10.6. The predicted molar refractivity (Wildman–Crippen MR) is 70.7 cm³/mol. The maximum Gasteiger partial charge on any atom is 1.00 e. The van der Waals surface area contributed by atoms with E-state index in [2.05, 4.69) is 6.92 Å². The van der Waals surface area contributed by atoms with Crippen LogP contribution < -0.4 is 34.7 Å². The number of rotatable bonds is 10. The molecule has 0 saturated heterocycles. The Labute approximate surface area is 139 Å². The number of carboxylic acid groups (broad SMARTS) is 1. The summed E-state index contributed by atoms with van der Waals surface area (Å²) in [4.78, 5) is 10.1. The summed E-state index contributed by atoms with van der Waals surface area (Å²) in [6, 6.07) is 0. The largest absolute Gasteiger partial charge is 1.00 e. The Morgan fingerprint density at radius 3 is 1.95 bits per heavy atom. The van der Waals surface area contributed by atoms with Crippen LogP contribution in [0, 0.1) is 5.92 Å². The average Bonchev–Trinajstić information content (AvgIpc) is 2.26. The molecule has 0 aromatic heterocycles. The van der Waals surface area contributed by atoms with Crippen LogP contribution in [-0.2, 0) is 15.1 Å². The molecule has 0 aromatic rings. The van der Waals surface area contributed by atoms with Crippen molar-refractivity contribution in [2.24, 2.45) is 5.92 Å². The second-order valence-electron chi connectivity index (χ2n) is 4.70. The van der Waals surface area contributed by atoms with Gasteiger partial charge in [-0.1, -0.05) is 58.8 Å². The molecule has 0 aliphatic rings. The van der Waals surface area contributed by atoms with Crippen molar-refractivity contribution >= 4 is 21.1 Å². The summed E-state index contributed by atoms with van der Waals surface area (Å²) in [5.74, 6) is -2.03. The monoisotopic (exact) mass is 298 g/mol. The fraction of sp³-hybridized carbons (Fsp3) is 0.846. The van der Waals surface area contributed by atoms with E-state index in [1.165, 1.54) is 25.7 Å². The van der Waals surface area contributed by atoms with Crippen LogP contribution in [0.3, 0.4) is 0 Å². The number of carbonyl (C=O) groups excluding carboxylic acids is 1. The normalized spacial score (nSPS) is 11.5. The van der Waals surface area contributed by atoms with E-state index >= 15 is 0 Å². The second kappa shape index (κ2) is 13.2. The van der Waals surface area contributed by atoms with E-state index in [1.54, 1.807) is 6.92 Å². The van der Waals surface area contributed by atoms with Gasteiger partial charge < -0.3 is 9.90 Å². The SMILES string of the molecule is CCCCCCCCCC(C)C(C(=O)[O-])=S(=O)=O.[Na+]. The van der Waals surface area contributed by atoms with Crippen LogP contribution in [0.5, 0.6) is 0 Å². The summed E-state index contributed by atoms with van der Waals surface area (Å²) in [6.45, 7) is 3.79. The van der Waals surface area contributed by atoms with Gasteiger partial charge in [0.25, 0.3) is 0 Å². The Balaban J connectivity index is 0. The minimum Gasteiger partial charge on any atom is -0.544 e. The number of aliphatic carboxylic acids is 1. The quantitative estimate of drug-likeness (QED) is 0.281. The number of carbonyl (C=O) groups is 1. The molecule has 0 aliphatic carbocycles. The van der Waals surface area contributed by atoms with E-state index in [0.29, 0.717) is 6.42 Å². The molecule has 106 valence electrons. The number of hydrogen-bond acceptors (Lipinski definition) is 4. The summed E-state index contributed by atoms with van der Waals surface area (Å²) in [7, 11) is -2.67. The zero-order valence-electron chi connectivity index (χ0n) is 12.3. The zero-order chi connectivity index (χ0) is 14.0. The minimum atomic E-state index is -2.67. The van der Waals surface area contributed by atoms with Crippen molar-refractivity contribution in [3.05, 3.63) is 0 Å². The van der Waals surface area contributed by atoms with Gasteiger partial charge >= 0.3 is 29.6 Å². The number of carboxylic acids is 1. The summed E-state index contributed by atoms with van der Waals surface area (Å²) in [6.07, 6.45) is 8.53. The van der Waals surface area contributed by atoms with Crippen LogP contribution in [0.15, 0.2) is 0 Å². The van der Waals surface area contributed by atoms with E-state index in [-0.39, 0.29) is 29.6 Å². The molecule has 0 bridgehead atoms. The Hall–Kier alpha value is 0.160. The fourth-order valence-electron chi connectivity index (χ4n) is 1.97. The molecule has 4 nitrogen and oxygen atoms in total. The van der Waals surface area contributed by atoms with Crippen LogP contribution in [0.4, 0.5) is 0 Å². The molecule has 6 heteroatoms. The molecule has 0 aliphatic heterocycles. The first-order valence-electron chi connectivity index (χ1n) is 6.68. The van der Waals surface area contributed by atoms with Gasteiger partial charge in [-0.2, -0.15) is 8.42 Å². The van der Waals surface area contributed by atoms with Gasteiger partial charge in [0.05, 0.1) is 10.8 Å². The molecule has 0 radical (unpaired) electrons. The molecule has 1 atom stereocenters. The van der Waals surface area contributed by atoms with Crippen molar-refractivity contribution < 1.29 is 47.9 Å². The maximum absolute atomic E-state index is 10.7. The molecule has 19 heavy (non-hydrogen) atoms. The van der Waals surface area contributed by atoms with Crippen molar-refractivity contribution in [1.82, 2.24) is 0 Å². The first-order chi connectivity index (χ1) is 8.50. The van der Waals surface area contributed by atoms with E-state index in [0.717, 1.165) is 19.3 Å². The summed E-state index contributed by atoms with van der Waals surface area (Å²) >= 11 is 0. The molecule has 1 unspecified atom stereocenters. The summed E-state index contributed by atoms with van der Waals surface area (Å²) in [5, 5.41) is 10.6. The summed E-state index contributed by atoms with van der Waals surface area (Å²) < 4.78 is 21.5. The molecule has 0 aromatic carbocycles. The smallest absolute Gasteiger partial charge is 0.544 e. The third-order valence-corrected chi connectivity index (χ3v) is 4.00. The van der Waals surface area contributed by atoms with Gasteiger partial charge in [0, 0.05) is 0 Å². The van der Waals surface area contributed by atoms with Gasteiger partial charge in [-0.05, 0) is 12.3 Å². The van der Waals surface area contributed by atoms with Crippen LogP contribution in [-0.4, -0.2) is 19.3 Å². The zero-order valence-corrected chi connectivity index (χ0v) is 15.1. The third-order valence-electron chi connectivity index (χ3n) is 3.07. The molecule has 0 heterocycles. The summed E-state index contributed by atoms with van der Waals surface area (Å²) in [5.41, 5.74) is 0. The van der Waals surface area contributed by atoms with Gasteiger partial charge in [0.2, 0.25) is 10.3 Å².